The van der Waals surface area contributed by atoms with Crippen molar-refractivity contribution in [1.82, 2.24) is 14.9 Å². The summed E-state index contributed by atoms with van der Waals surface area (Å²) >= 11 is 5.94. The molecule has 0 bridgehead atoms. The van der Waals surface area contributed by atoms with Crippen LogP contribution in [0.4, 0.5) is 5.69 Å². The van der Waals surface area contributed by atoms with Crippen LogP contribution < -0.4 is 10.2 Å². The van der Waals surface area contributed by atoms with E-state index in [1.54, 1.807) is 0 Å². The molecule has 3 heterocycles. The number of anilines is 1. The van der Waals surface area contributed by atoms with Crippen molar-refractivity contribution < 1.29 is 0 Å². The highest BCUT2D eigenvalue weighted by Gasteiger charge is 2.42. The van der Waals surface area contributed by atoms with Gasteiger partial charge in [-0.3, -0.25) is 4.98 Å². The lowest BCUT2D eigenvalue weighted by atomic mass is 9.96. The summed E-state index contributed by atoms with van der Waals surface area (Å²) in [5.74, 6) is 0. The molecule has 4 nitrogen and oxygen atoms in total. The van der Waals surface area contributed by atoms with Crippen LogP contribution in [0.5, 0.6) is 0 Å². The van der Waals surface area contributed by atoms with Crippen LogP contribution in [0.15, 0.2) is 72.9 Å². The summed E-state index contributed by atoms with van der Waals surface area (Å²) in [7, 11) is 0. The van der Waals surface area contributed by atoms with Crippen LogP contribution in [0.2, 0.25) is 0 Å². The number of thiocarbonyl (C=S) groups is 1. The largest absolute Gasteiger partial charge is 0.351 e. The Labute approximate surface area is 207 Å². The van der Waals surface area contributed by atoms with Crippen LogP contribution in [-0.4, -0.2) is 14.7 Å². The van der Waals surface area contributed by atoms with Crippen LogP contribution in [0, 0.1) is 34.6 Å². The SMILES string of the molecule is Cc1cc(C)cc(N2C(=S)NC(c3ccccn3)C2c2cc(C)n(-c3cccc(C)c3)c2C)c1. The zero-order valence-electron chi connectivity index (χ0n) is 20.3. The van der Waals surface area contributed by atoms with Crippen molar-refractivity contribution in [2.75, 3.05) is 4.90 Å². The smallest absolute Gasteiger partial charge is 0.174 e. The number of nitrogens with zero attached hydrogens (tertiary/aromatic N) is 3. The Morgan fingerprint density at radius 1 is 0.794 bits per heavy atom. The molecule has 0 spiro atoms. The topological polar surface area (TPSA) is 33.1 Å². The van der Waals surface area contributed by atoms with Crippen LogP contribution in [-0.2, 0) is 0 Å². The Hall–Kier alpha value is -3.44. The molecule has 2 atom stereocenters. The van der Waals surface area contributed by atoms with E-state index in [1.165, 1.54) is 39.3 Å². The first-order valence-corrected chi connectivity index (χ1v) is 12.1. The first kappa shape index (κ1) is 22.4. The minimum absolute atomic E-state index is 0.0200. The van der Waals surface area contributed by atoms with Gasteiger partial charge in [-0.2, -0.15) is 0 Å². The molecule has 1 saturated heterocycles. The van der Waals surface area contributed by atoms with E-state index in [2.05, 4.69) is 104 Å². The summed E-state index contributed by atoms with van der Waals surface area (Å²) in [4.78, 5) is 6.98. The molecule has 0 radical (unpaired) electrons. The standard InChI is InChI=1S/C29H30N4S/c1-18-9-8-10-23(14-18)32-21(4)17-25(22(32)5)28-27(26-11-6-7-12-30-26)31-29(34)33(28)24-15-19(2)13-20(3)16-24/h6-17,27-28H,1-5H3,(H,31,34). The Morgan fingerprint density at radius 3 is 2.21 bits per heavy atom. The van der Waals surface area contributed by atoms with E-state index < -0.39 is 0 Å². The summed E-state index contributed by atoms with van der Waals surface area (Å²) in [5.41, 5.74) is 10.7. The minimum Gasteiger partial charge on any atom is -0.351 e. The van der Waals surface area contributed by atoms with Gasteiger partial charge in [0.05, 0.1) is 17.8 Å². The van der Waals surface area contributed by atoms with Gasteiger partial charge in [0, 0.05) is 29.0 Å². The molecule has 4 aromatic rings. The lowest BCUT2D eigenvalue weighted by Crippen LogP contribution is -2.29. The van der Waals surface area contributed by atoms with E-state index in [0.29, 0.717) is 0 Å². The summed E-state index contributed by atoms with van der Waals surface area (Å²) in [6.45, 7) is 10.8. The van der Waals surface area contributed by atoms with E-state index in [9.17, 15) is 0 Å². The molecule has 1 fully saturated rings. The van der Waals surface area contributed by atoms with Crippen molar-refractivity contribution >= 4 is 23.0 Å². The number of hydrogen-bond donors (Lipinski definition) is 1. The highest BCUT2D eigenvalue weighted by molar-refractivity contribution is 7.80. The predicted molar refractivity (Wildman–Crippen MR) is 144 cm³/mol. The maximum atomic E-state index is 5.94. The average Bonchev–Trinajstić information content (AvgIpc) is 3.29. The van der Waals surface area contributed by atoms with Crippen LogP contribution >= 0.6 is 12.2 Å². The Bertz CT molecular complexity index is 1350. The molecule has 172 valence electrons. The molecule has 5 heteroatoms. The van der Waals surface area contributed by atoms with Crippen molar-refractivity contribution in [2.24, 2.45) is 0 Å². The summed E-state index contributed by atoms with van der Waals surface area (Å²) in [6, 6.07) is 23.6. The molecule has 5 rings (SSSR count). The van der Waals surface area contributed by atoms with Gasteiger partial charge in [-0.25, -0.2) is 0 Å². The Morgan fingerprint density at radius 2 is 1.53 bits per heavy atom. The molecule has 2 unspecified atom stereocenters. The lowest BCUT2D eigenvalue weighted by molar-refractivity contribution is 0.565. The van der Waals surface area contributed by atoms with E-state index in [1.807, 2.05) is 18.3 Å². The number of benzene rings is 2. The number of aromatic nitrogens is 2. The fraction of sp³-hybridized carbons (Fsp3) is 0.241. The molecule has 0 saturated carbocycles. The van der Waals surface area contributed by atoms with Crippen LogP contribution in [0.3, 0.4) is 0 Å². The van der Waals surface area contributed by atoms with Gasteiger partial charge in [-0.15, -0.1) is 0 Å². The van der Waals surface area contributed by atoms with E-state index in [-0.39, 0.29) is 12.1 Å². The summed E-state index contributed by atoms with van der Waals surface area (Å²) < 4.78 is 2.35. The quantitative estimate of drug-likeness (QED) is 0.344. The molecule has 0 amide bonds. The molecule has 0 aliphatic carbocycles. The second-order valence-corrected chi connectivity index (χ2v) is 9.73. The molecule has 1 N–H and O–H groups in total. The zero-order chi connectivity index (χ0) is 24.0. The fourth-order valence-electron chi connectivity index (χ4n) is 5.29. The highest BCUT2D eigenvalue weighted by Crippen LogP contribution is 2.44. The third kappa shape index (κ3) is 3.90. The number of hydrogen-bond acceptors (Lipinski definition) is 2. The maximum Gasteiger partial charge on any atom is 0.174 e. The first-order valence-electron chi connectivity index (χ1n) is 11.7. The number of aryl methyl sites for hydroxylation is 4. The van der Waals surface area contributed by atoms with Crippen molar-refractivity contribution in [2.45, 2.75) is 46.7 Å². The molecular formula is C29H30N4S. The molecule has 2 aromatic carbocycles. The number of pyridine rings is 1. The van der Waals surface area contributed by atoms with Crippen molar-refractivity contribution in [3.8, 4) is 5.69 Å². The van der Waals surface area contributed by atoms with Crippen LogP contribution in [0.1, 0.15) is 51.4 Å². The normalized spacial score (nSPS) is 17.8. The average molecular weight is 467 g/mol. The molecule has 1 aliphatic heterocycles. The molecule has 34 heavy (non-hydrogen) atoms. The van der Waals surface area contributed by atoms with E-state index in [0.717, 1.165) is 16.5 Å². The van der Waals surface area contributed by atoms with Gasteiger partial charge in [-0.1, -0.05) is 24.3 Å². The zero-order valence-corrected chi connectivity index (χ0v) is 21.1. The van der Waals surface area contributed by atoms with E-state index in [4.69, 9.17) is 17.2 Å². The van der Waals surface area contributed by atoms with Gasteiger partial charge < -0.3 is 14.8 Å². The van der Waals surface area contributed by atoms with Gasteiger partial charge in [-0.05, 0) is 112 Å². The summed E-state index contributed by atoms with van der Waals surface area (Å²) in [5, 5.41) is 4.32. The van der Waals surface area contributed by atoms with Crippen LogP contribution in [0.25, 0.3) is 5.69 Å². The van der Waals surface area contributed by atoms with Crippen molar-refractivity contribution in [1.29, 1.82) is 0 Å². The number of nitrogens with one attached hydrogen (secondary N) is 1. The summed E-state index contributed by atoms with van der Waals surface area (Å²) in [6.07, 6.45) is 1.85. The van der Waals surface area contributed by atoms with Gasteiger partial charge in [0.15, 0.2) is 5.11 Å². The maximum absolute atomic E-state index is 5.94. The van der Waals surface area contributed by atoms with E-state index >= 15 is 0 Å². The third-order valence-corrected chi connectivity index (χ3v) is 6.95. The second kappa shape index (κ2) is 8.73. The van der Waals surface area contributed by atoms with Crippen molar-refractivity contribution in [3.05, 3.63) is 112 Å². The monoisotopic (exact) mass is 466 g/mol. The van der Waals surface area contributed by atoms with Crippen molar-refractivity contribution in [3.63, 3.8) is 0 Å². The Kier molecular flexibility index (Phi) is 5.74. The molecule has 2 aromatic heterocycles. The Balaban J connectivity index is 1.70. The van der Waals surface area contributed by atoms with Gasteiger partial charge in [0.25, 0.3) is 0 Å². The lowest BCUT2D eigenvalue weighted by Gasteiger charge is -2.29. The molecular weight excluding hydrogens is 436 g/mol. The first-order chi connectivity index (χ1) is 16.3. The van der Waals surface area contributed by atoms with Gasteiger partial charge in [0.1, 0.15) is 0 Å². The predicted octanol–water partition coefficient (Wildman–Crippen LogP) is 6.59. The van der Waals surface area contributed by atoms with Gasteiger partial charge >= 0.3 is 0 Å². The molecule has 1 aliphatic rings. The highest BCUT2D eigenvalue weighted by atomic mass is 32.1. The minimum atomic E-state index is -0.0547. The third-order valence-electron chi connectivity index (χ3n) is 6.63. The number of rotatable bonds is 4. The fourth-order valence-corrected chi connectivity index (χ4v) is 5.64. The van der Waals surface area contributed by atoms with Gasteiger partial charge in [0.2, 0.25) is 0 Å². The second-order valence-electron chi connectivity index (χ2n) is 9.34.